The Kier molecular flexibility index (Phi) is 4.35. The molecule has 2 rings (SSSR count). The highest BCUT2D eigenvalue weighted by Crippen LogP contribution is 2.25. The molecule has 8 heteroatoms. The van der Waals surface area contributed by atoms with Crippen LogP contribution in [0.3, 0.4) is 0 Å². The summed E-state index contributed by atoms with van der Waals surface area (Å²) in [5.74, 6) is -1.44. The van der Waals surface area contributed by atoms with E-state index in [0.717, 1.165) is 12.3 Å². The van der Waals surface area contributed by atoms with E-state index in [9.17, 15) is 17.2 Å². The van der Waals surface area contributed by atoms with Crippen LogP contribution in [0.5, 0.6) is 0 Å². The van der Waals surface area contributed by atoms with Crippen LogP contribution in [-0.2, 0) is 10.0 Å². The fraction of sp³-hybridized carbons (Fsp3) is 0.357. The first-order valence-electron chi connectivity index (χ1n) is 6.54. The van der Waals surface area contributed by atoms with Gasteiger partial charge < -0.3 is 5.32 Å². The molecule has 0 radical (unpaired) electrons. The van der Waals surface area contributed by atoms with E-state index in [2.05, 4.69) is 15.0 Å². The number of sulfonamides is 1. The quantitative estimate of drug-likeness (QED) is 0.883. The standard InChI is InChI=1S/C14H17F2N3O2S/c1-14(2,19-22(3,20)21)8-18-12-4-5-17-13-10(12)6-9(15)7-11(13)16/h4-7,19H,8H2,1-3H3,(H,17,18). The number of aromatic nitrogens is 1. The van der Waals surface area contributed by atoms with Gasteiger partial charge in [0, 0.05) is 35.4 Å². The van der Waals surface area contributed by atoms with E-state index in [4.69, 9.17) is 0 Å². The zero-order chi connectivity index (χ0) is 16.5. The molecule has 0 saturated carbocycles. The molecule has 0 bridgehead atoms. The molecule has 0 unspecified atom stereocenters. The largest absolute Gasteiger partial charge is 0.383 e. The number of hydrogen-bond acceptors (Lipinski definition) is 4. The van der Waals surface area contributed by atoms with Crippen molar-refractivity contribution in [1.82, 2.24) is 9.71 Å². The molecule has 1 aromatic heterocycles. The van der Waals surface area contributed by atoms with Gasteiger partial charge in [-0.1, -0.05) is 0 Å². The zero-order valence-corrected chi connectivity index (χ0v) is 13.3. The predicted molar refractivity (Wildman–Crippen MR) is 82.2 cm³/mol. The highest BCUT2D eigenvalue weighted by molar-refractivity contribution is 7.88. The van der Waals surface area contributed by atoms with E-state index < -0.39 is 27.2 Å². The Morgan fingerprint density at radius 1 is 1.27 bits per heavy atom. The van der Waals surface area contributed by atoms with Crippen LogP contribution in [0.4, 0.5) is 14.5 Å². The summed E-state index contributed by atoms with van der Waals surface area (Å²) in [6.07, 6.45) is 2.48. The summed E-state index contributed by atoms with van der Waals surface area (Å²) in [5.41, 5.74) is -0.234. The Hall–Kier alpha value is -1.80. The molecule has 0 saturated heterocycles. The van der Waals surface area contributed by atoms with Crippen LogP contribution < -0.4 is 10.0 Å². The lowest BCUT2D eigenvalue weighted by Gasteiger charge is -2.26. The first-order chi connectivity index (χ1) is 10.1. The van der Waals surface area contributed by atoms with Gasteiger partial charge in [-0.15, -0.1) is 0 Å². The summed E-state index contributed by atoms with van der Waals surface area (Å²) < 4.78 is 52.2. The molecule has 22 heavy (non-hydrogen) atoms. The third-order valence-corrected chi connectivity index (χ3v) is 3.87. The first kappa shape index (κ1) is 16.6. The van der Waals surface area contributed by atoms with Gasteiger partial charge in [0.25, 0.3) is 0 Å². The van der Waals surface area contributed by atoms with Gasteiger partial charge in [-0.05, 0) is 26.0 Å². The summed E-state index contributed by atoms with van der Waals surface area (Å²) in [6.45, 7) is 3.63. The lowest BCUT2D eigenvalue weighted by atomic mass is 10.1. The monoisotopic (exact) mass is 329 g/mol. The third-order valence-electron chi connectivity index (χ3n) is 2.95. The molecule has 120 valence electrons. The van der Waals surface area contributed by atoms with E-state index in [1.54, 1.807) is 19.9 Å². The Morgan fingerprint density at radius 2 is 1.95 bits per heavy atom. The van der Waals surface area contributed by atoms with Crippen LogP contribution >= 0.6 is 0 Å². The fourth-order valence-electron chi connectivity index (χ4n) is 2.19. The first-order valence-corrected chi connectivity index (χ1v) is 8.43. The normalized spacial score (nSPS) is 12.6. The van der Waals surface area contributed by atoms with Crippen molar-refractivity contribution in [3.63, 3.8) is 0 Å². The van der Waals surface area contributed by atoms with Crippen LogP contribution in [0.25, 0.3) is 10.9 Å². The number of pyridine rings is 1. The second kappa shape index (κ2) is 5.77. The van der Waals surface area contributed by atoms with Gasteiger partial charge in [0.05, 0.1) is 6.26 Å². The van der Waals surface area contributed by atoms with Crippen LogP contribution in [0.2, 0.25) is 0 Å². The smallest absolute Gasteiger partial charge is 0.209 e. The van der Waals surface area contributed by atoms with Crippen molar-refractivity contribution in [2.24, 2.45) is 0 Å². The summed E-state index contributed by atoms with van der Waals surface area (Å²) >= 11 is 0. The lowest BCUT2D eigenvalue weighted by Crippen LogP contribution is -2.47. The summed E-state index contributed by atoms with van der Waals surface area (Å²) in [6, 6.07) is 3.54. The molecule has 0 atom stereocenters. The predicted octanol–water partition coefficient (Wildman–Crippen LogP) is 2.25. The minimum atomic E-state index is -3.36. The van der Waals surface area contributed by atoms with Crippen LogP contribution in [0, 0.1) is 11.6 Å². The molecule has 0 aliphatic carbocycles. The number of nitrogens with zero attached hydrogens (tertiary/aromatic N) is 1. The number of anilines is 1. The zero-order valence-electron chi connectivity index (χ0n) is 12.4. The van der Waals surface area contributed by atoms with E-state index in [-0.39, 0.29) is 12.1 Å². The van der Waals surface area contributed by atoms with Gasteiger partial charge in [-0.2, -0.15) is 0 Å². The molecule has 0 aliphatic heterocycles. The third kappa shape index (κ3) is 4.11. The molecule has 0 spiro atoms. The van der Waals surface area contributed by atoms with Crippen molar-refractivity contribution < 1.29 is 17.2 Å². The van der Waals surface area contributed by atoms with Crippen LogP contribution in [-0.4, -0.2) is 31.7 Å². The highest BCUT2D eigenvalue weighted by Gasteiger charge is 2.22. The molecule has 1 heterocycles. The van der Waals surface area contributed by atoms with Crippen molar-refractivity contribution in [2.45, 2.75) is 19.4 Å². The summed E-state index contributed by atoms with van der Waals surface area (Å²) in [7, 11) is -3.36. The molecular weight excluding hydrogens is 312 g/mol. The van der Waals surface area contributed by atoms with E-state index in [1.165, 1.54) is 12.3 Å². The maximum atomic E-state index is 13.7. The fourth-order valence-corrected chi connectivity index (χ4v) is 3.26. The average Bonchev–Trinajstić information content (AvgIpc) is 2.33. The maximum Gasteiger partial charge on any atom is 0.209 e. The molecule has 5 nitrogen and oxygen atoms in total. The second-order valence-electron chi connectivity index (χ2n) is 5.75. The molecule has 0 fully saturated rings. The Bertz CT molecular complexity index is 807. The summed E-state index contributed by atoms with van der Waals surface area (Å²) in [4.78, 5) is 3.89. The van der Waals surface area contributed by atoms with Crippen molar-refractivity contribution in [2.75, 3.05) is 18.1 Å². The Morgan fingerprint density at radius 3 is 2.59 bits per heavy atom. The SMILES string of the molecule is CC(C)(CNc1ccnc2c(F)cc(F)cc12)NS(C)(=O)=O. The second-order valence-corrected chi connectivity index (χ2v) is 7.50. The molecule has 2 aromatic rings. The molecule has 2 N–H and O–H groups in total. The van der Waals surface area contributed by atoms with Crippen molar-refractivity contribution in [3.8, 4) is 0 Å². The molecule has 1 aromatic carbocycles. The van der Waals surface area contributed by atoms with Crippen LogP contribution in [0.15, 0.2) is 24.4 Å². The van der Waals surface area contributed by atoms with E-state index in [0.29, 0.717) is 11.1 Å². The average molecular weight is 329 g/mol. The van der Waals surface area contributed by atoms with Gasteiger partial charge in [-0.3, -0.25) is 4.98 Å². The van der Waals surface area contributed by atoms with Gasteiger partial charge in [0.2, 0.25) is 10.0 Å². The van der Waals surface area contributed by atoms with Gasteiger partial charge in [0.1, 0.15) is 11.3 Å². The Labute approximate surface area is 127 Å². The minimum absolute atomic E-state index is 0.0558. The minimum Gasteiger partial charge on any atom is -0.383 e. The topological polar surface area (TPSA) is 71.1 Å². The number of rotatable bonds is 5. The van der Waals surface area contributed by atoms with Crippen molar-refractivity contribution in [1.29, 1.82) is 0 Å². The van der Waals surface area contributed by atoms with Gasteiger partial charge in [0.15, 0.2) is 5.82 Å². The Balaban J connectivity index is 2.29. The van der Waals surface area contributed by atoms with Gasteiger partial charge in [-0.25, -0.2) is 21.9 Å². The maximum absolute atomic E-state index is 13.7. The number of nitrogens with one attached hydrogen (secondary N) is 2. The molecule has 0 aliphatic rings. The summed E-state index contributed by atoms with van der Waals surface area (Å²) in [5, 5.41) is 3.31. The lowest BCUT2D eigenvalue weighted by molar-refractivity contribution is 0.476. The number of fused-ring (bicyclic) bond motifs is 1. The van der Waals surface area contributed by atoms with E-state index in [1.807, 2.05) is 0 Å². The number of halogens is 2. The van der Waals surface area contributed by atoms with Crippen molar-refractivity contribution >= 4 is 26.6 Å². The number of hydrogen-bond donors (Lipinski definition) is 2. The van der Waals surface area contributed by atoms with Gasteiger partial charge >= 0.3 is 0 Å². The number of benzene rings is 1. The van der Waals surface area contributed by atoms with Crippen molar-refractivity contribution in [3.05, 3.63) is 36.0 Å². The van der Waals surface area contributed by atoms with Crippen LogP contribution in [0.1, 0.15) is 13.8 Å². The molecular formula is C14H17F2N3O2S. The van der Waals surface area contributed by atoms with E-state index >= 15 is 0 Å². The molecule has 0 amide bonds. The highest BCUT2D eigenvalue weighted by atomic mass is 32.2.